The summed E-state index contributed by atoms with van der Waals surface area (Å²) in [6.45, 7) is 3.70. The first kappa shape index (κ1) is 9.07. The van der Waals surface area contributed by atoms with Crippen LogP contribution in [0.15, 0.2) is 18.2 Å². The highest BCUT2D eigenvalue weighted by Crippen LogP contribution is 2.27. The summed E-state index contributed by atoms with van der Waals surface area (Å²) in [7, 11) is 1.61. The van der Waals surface area contributed by atoms with Gasteiger partial charge in [-0.05, 0) is 25.5 Å². The molecule has 0 spiro atoms. The van der Waals surface area contributed by atoms with E-state index >= 15 is 0 Å². The van der Waals surface area contributed by atoms with Crippen LogP contribution in [0.3, 0.4) is 0 Å². The monoisotopic (exact) mass is 166 g/mol. The molecule has 2 nitrogen and oxygen atoms in total. The van der Waals surface area contributed by atoms with Crippen LogP contribution in [0.4, 0.5) is 0 Å². The number of aliphatic hydroxyl groups is 1. The quantitative estimate of drug-likeness (QED) is 0.728. The number of hydrogen-bond acceptors (Lipinski definition) is 2. The molecule has 1 aromatic rings. The van der Waals surface area contributed by atoms with Gasteiger partial charge in [0, 0.05) is 5.56 Å². The first-order valence-electron chi connectivity index (χ1n) is 3.98. The van der Waals surface area contributed by atoms with Crippen LogP contribution < -0.4 is 4.74 Å². The average molecular weight is 166 g/mol. The zero-order valence-corrected chi connectivity index (χ0v) is 7.66. The molecule has 0 bridgehead atoms. The first-order valence-corrected chi connectivity index (χ1v) is 3.98. The molecule has 0 amide bonds. The van der Waals surface area contributed by atoms with E-state index in [1.54, 1.807) is 14.0 Å². The van der Waals surface area contributed by atoms with E-state index in [2.05, 4.69) is 0 Å². The Bertz CT molecular complexity index is 267. The van der Waals surface area contributed by atoms with Crippen LogP contribution in [-0.2, 0) is 0 Å². The minimum Gasteiger partial charge on any atom is -0.496 e. The molecule has 1 atom stereocenters. The summed E-state index contributed by atoms with van der Waals surface area (Å²) in [5.74, 6) is 0.755. The van der Waals surface area contributed by atoms with Gasteiger partial charge in [0.05, 0.1) is 13.2 Å². The summed E-state index contributed by atoms with van der Waals surface area (Å²) in [5.41, 5.74) is 1.93. The van der Waals surface area contributed by atoms with Gasteiger partial charge >= 0.3 is 0 Å². The molecule has 0 aromatic heterocycles. The van der Waals surface area contributed by atoms with Gasteiger partial charge in [0.2, 0.25) is 0 Å². The van der Waals surface area contributed by atoms with E-state index in [9.17, 15) is 5.11 Å². The Kier molecular flexibility index (Phi) is 2.71. The molecular formula is C10H14O2. The Balaban J connectivity index is 3.20. The lowest BCUT2D eigenvalue weighted by atomic mass is 10.0. The Labute approximate surface area is 72.8 Å². The van der Waals surface area contributed by atoms with Gasteiger partial charge in [-0.2, -0.15) is 0 Å². The maximum atomic E-state index is 9.44. The van der Waals surface area contributed by atoms with Crippen molar-refractivity contribution in [2.24, 2.45) is 0 Å². The van der Waals surface area contributed by atoms with Gasteiger partial charge in [-0.15, -0.1) is 0 Å². The lowest BCUT2D eigenvalue weighted by molar-refractivity contribution is 0.193. The third kappa shape index (κ3) is 1.59. The number of aryl methyl sites for hydroxylation is 1. The molecule has 1 rings (SSSR count). The average Bonchev–Trinajstić information content (AvgIpc) is 2.03. The smallest absolute Gasteiger partial charge is 0.124 e. The van der Waals surface area contributed by atoms with E-state index in [4.69, 9.17) is 4.74 Å². The number of benzene rings is 1. The second kappa shape index (κ2) is 3.59. The SMILES string of the molecule is COc1cccc(C)c1C(C)O. The normalized spacial score (nSPS) is 12.7. The molecule has 2 heteroatoms. The van der Waals surface area contributed by atoms with E-state index in [0.717, 1.165) is 16.9 Å². The largest absolute Gasteiger partial charge is 0.496 e. The minimum atomic E-state index is -0.471. The summed E-state index contributed by atoms with van der Waals surface area (Å²) in [6.07, 6.45) is -0.471. The summed E-state index contributed by atoms with van der Waals surface area (Å²) in [4.78, 5) is 0. The van der Waals surface area contributed by atoms with Crippen molar-refractivity contribution in [3.8, 4) is 5.75 Å². The van der Waals surface area contributed by atoms with Crippen LogP contribution in [-0.4, -0.2) is 12.2 Å². The second-order valence-electron chi connectivity index (χ2n) is 2.87. The summed E-state index contributed by atoms with van der Waals surface area (Å²) in [6, 6.07) is 5.74. The molecule has 0 radical (unpaired) electrons. The number of rotatable bonds is 2. The molecule has 1 unspecified atom stereocenters. The number of hydrogen-bond donors (Lipinski definition) is 1. The van der Waals surface area contributed by atoms with Gasteiger partial charge < -0.3 is 9.84 Å². The standard InChI is InChI=1S/C10H14O2/c1-7-5-4-6-9(12-3)10(7)8(2)11/h4-6,8,11H,1-3H3. The van der Waals surface area contributed by atoms with Crippen molar-refractivity contribution in [2.75, 3.05) is 7.11 Å². The van der Waals surface area contributed by atoms with Gasteiger partial charge in [0.25, 0.3) is 0 Å². The van der Waals surface area contributed by atoms with Crippen LogP contribution in [0.5, 0.6) is 5.75 Å². The maximum absolute atomic E-state index is 9.44. The topological polar surface area (TPSA) is 29.5 Å². The second-order valence-corrected chi connectivity index (χ2v) is 2.87. The Morgan fingerprint density at radius 2 is 2.08 bits per heavy atom. The Morgan fingerprint density at radius 3 is 2.50 bits per heavy atom. The molecule has 0 saturated carbocycles. The zero-order chi connectivity index (χ0) is 9.14. The molecular weight excluding hydrogens is 152 g/mol. The van der Waals surface area contributed by atoms with Gasteiger partial charge in [0.15, 0.2) is 0 Å². The third-order valence-corrected chi connectivity index (χ3v) is 1.92. The van der Waals surface area contributed by atoms with Crippen LogP contribution in [0.2, 0.25) is 0 Å². The number of ether oxygens (including phenoxy) is 1. The highest BCUT2D eigenvalue weighted by atomic mass is 16.5. The fourth-order valence-electron chi connectivity index (χ4n) is 1.37. The summed E-state index contributed by atoms with van der Waals surface area (Å²) < 4.78 is 5.13. The molecule has 0 fully saturated rings. The van der Waals surface area contributed by atoms with E-state index in [1.165, 1.54) is 0 Å². The Hall–Kier alpha value is -1.02. The van der Waals surface area contributed by atoms with Gasteiger partial charge in [-0.25, -0.2) is 0 Å². The number of methoxy groups -OCH3 is 1. The fraction of sp³-hybridized carbons (Fsp3) is 0.400. The van der Waals surface area contributed by atoms with Crippen molar-refractivity contribution < 1.29 is 9.84 Å². The zero-order valence-electron chi connectivity index (χ0n) is 7.66. The van der Waals surface area contributed by atoms with Crippen molar-refractivity contribution >= 4 is 0 Å². The highest BCUT2D eigenvalue weighted by molar-refractivity contribution is 5.40. The maximum Gasteiger partial charge on any atom is 0.124 e. The van der Waals surface area contributed by atoms with Gasteiger partial charge in [-0.3, -0.25) is 0 Å². The first-order chi connectivity index (χ1) is 5.66. The van der Waals surface area contributed by atoms with Crippen LogP contribution in [0.1, 0.15) is 24.2 Å². The lowest BCUT2D eigenvalue weighted by Gasteiger charge is -2.13. The van der Waals surface area contributed by atoms with Crippen molar-refractivity contribution in [1.29, 1.82) is 0 Å². The Morgan fingerprint density at radius 1 is 1.42 bits per heavy atom. The molecule has 1 N–H and O–H groups in total. The molecule has 0 aliphatic heterocycles. The van der Waals surface area contributed by atoms with Crippen molar-refractivity contribution in [1.82, 2.24) is 0 Å². The van der Waals surface area contributed by atoms with E-state index in [-0.39, 0.29) is 0 Å². The molecule has 0 saturated heterocycles. The predicted molar refractivity (Wildman–Crippen MR) is 48.4 cm³/mol. The van der Waals surface area contributed by atoms with E-state index < -0.39 is 6.10 Å². The fourth-order valence-corrected chi connectivity index (χ4v) is 1.37. The van der Waals surface area contributed by atoms with E-state index in [1.807, 2.05) is 25.1 Å². The minimum absolute atomic E-state index is 0.471. The molecule has 1 aromatic carbocycles. The van der Waals surface area contributed by atoms with Crippen LogP contribution in [0.25, 0.3) is 0 Å². The lowest BCUT2D eigenvalue weighted by Crippen LogP contribution is -1.98. The third-order valence-electron chi connectivity index (χ3n) is 1.92. The highest BCUT2D eigenvalue weighted by Gasteiger charge is 2.10. The van der Waals surface area contributed by atoms with Crippen molar-refractivity contribution in [2.45, 2.75) is 20.0 Å². The summed E-state index contributed by atoms with van der Waals surface area (Å²) >= 11 is 0. The van der Waals surface area contributed by atoms with E-state index in [0.29, 0.717) is 0 Å². The van der Waals surface area contributed by atoms with Gasteiger partial charge in [0.1, 0.15) is 5.75 Å². The molecule has 0 heterocycles. The molecule has 0 aliphatic carbocycles. The van der Waals surface area contributed by atoms with Gasteiger partial charge in [-0.1, -0.05) is 12.1 Å². The predicted octanol–water partition coefficient (Wildman–Crippen LogP) is 2.06. The van der Waals surface area contributed by atoms with Crippen LogP contribution >= 0.6 is 0 Å². The molecule has 12 heavy (non-hydrogen) atoms. The van der Waals surface area contributed by atoms with Crippen molar-refractivity contribution in [3.63, 3.8) is 0 Å². The molecule has 66 valence electrons. The summed E-state index contributed by atoms with van der Waals surface area (Å²) in [5, 5.41) is 9.44. The number of aliphatic hydroxyl groups excluding tert-OH is 1. The van der Waals surface area contributed by atoms with Crippen LogP contribution in [0, 0.1) is 6.92 Å². The molecule has 0 aliphatic rings. The van der Waals surface area contributed by atoms with Crippen molar-refractivity contribution in [3.05, 3.63) is 29.3 Å².